The van der Waals surface area contributed by atoms with Gasteiger partial charge in [0.05, 0.1) is 11.5 Å². The second-order valence-corrected chi connectivity index (χ2v) is 6.69. The van der Waals surface area contributed by atoms with E-state index in [9.17, 15) is 16.8 Å². The van der Waals surface area contributed by atoms with Crippen LogP contribution in [-0.2, 0) is 20.5 Å². The summed E-state index contributed by atoms with van der Waals surface area (Å²) < 4.78 is 40.5. The first-order valence-corrected chi connectivity index (χ1v) is 7.98. The SMILES string of the molecule is CCCC[SH](=O)=O.O=S1(=O)CCCC1. The fraction of sp³-hybridized carbons (Fsp3) is 1.00. The van der Waals surface area contributed by atoms with E-state index in [1.54, 1.807) is 0 Å². The third-order valence-corrected chi connectivity index (χ3v) is 4.36. The van der Waals surface area contributed by atoms with Crippen molar-refractivity contribution in [1.82, 2.24) is 0 Å². The topological polar surface area (TPSA) is 68.3 Å². The molecule has 1 aliphatic heterocycles. The molecule has 1 aliphatic rings. The molecule has 0 N–H and O–H groups in total. The molecule has 4 nitrogen and oxygen atoms in total. The number of rotatable bonds is 3. The van der Waals surface area contributed by atoms with E-state index >= 15 is 0 Å². The third-order valence-electron chi connectivity index (χ3n) is 1.85. The number of thiol groups is 1. The van der Waals surface area contributed by atoms with Crippen molar-refractivity contribution in [1.29, 1.82) is 0 Å². The van der Waals surface area contributed by atoms with Gasteiger partial charge in [0.25, 0.3) is 0 Å². The summed E-state index contributed by atoms with van der Waals surface area (Å²) in [5.74, 6) is 1.20. The number of hydrogen-bond donors (Lipinski definition) is 1. The van der Waals surface area contributed by atoms with Crippen molar-refractivity contribution in [2.75, 3.05) is 17.3 Å². The van der Waals surface area contributed by atoms with Crippen LogP contribution in [-0.4, -0.2) is 34.1 Å². The molecule has 1 heterocycles. The second-order valence-electron chi connectivity index (χ2n) is 3.27. The first-order chi connectivity index (χ1) is 6.48. The summed E-state index contributed by atoms with van der Waals surface area (Å²) in [4.78, 5) is 0. The van der Waals surface area contributed by atoms with Crippen LogP contribution < -0.4 is 0 Å². The molecule has 0 saturated carbocycles. The number of sulfone groups is 1. The molecule has 0 aromatic carbocycles. The maximum Gasteiger partial charge on any atom is 0.150 e. The Labute approximate surface area is 87.6 Å². The van der Waals surface area contributed by atoms with Gasteiger partial charge in [0.2, 0.25) is 0 Å². The van der Waals surface area contributed by atoms with Gasteiger partial charge in [-0.05, 0) is 19.3 Å². The summed E-state index contributed by atoms with van der Waals surface area (Å²) in [6, 6.07) is 0. The van der Waals surface area contributed by atoms with Crippen LogP contribution in [0, 0.1) is 0 Å². The molecule has 1 fully saturated rings. The van der Waals surface area contributed by atoms with Crippen LogP contribution in [0.5, 0.6) is 0 Å². The smallest absolute Gasteiger partial charge is 0.150 e. The molecule has 1 rings (SSSR count). The van der Waals surface area contributed by atoms with Gasteiger partial charge in [-0.2, -0.15) is 0 Å². The van der Waals surface area contributed by atoms with Gasteiger partial charge < -0.3 is 0 Å². The van der Waals surface area contributed by atoms with Gasteiger partial charge in [-0.15, -0.1) is 0 Å². The molecule has 0 aliphatic carbocycles. The fourth-order valence-electron chi connectivity index (χ4n) is 1.03. The van der Waals surface area contributed by atoms with Gasteiger partial charge in [-0.1, -0.05) is 13.3 Å². The molecule has 0 atom stereocenters. The minimum absolute atomic E-state index is 0.353. The van der Waals surface area contributed by atoms with E-state index in [4.69, 9.17) is 0 Å². The Hall–Kier alpha value is -0.100. The van der Waals surface area contributed by atoms with E-state index in [1.807, 2.05) is 6.92 Å². The standard InChI is InChI=1S/C4H8O2S.C4H10O2S/c5-7(6)3-1-2-4-7;1-2-3-4-7(5)6/h1-4H2;7H,2-4H2,1H3. The largest absolute Gasteiger partial charge is 0.232 e. The molecule has 0 radical (unpaired) electrons. The van der Waals surface area contributed by atoms with Crippen LogP contribution in [0.3, 0.4) is 0 Å². The Bertz CT molecular complexity index is 283. The predicted molar refractivity (Wildman–Crippen MR) is 58.0 cm³/mol. The first-order valence-electron chi connectivity index (χ1n) is 4.80. The molecular weight excluding hydrogens is 224 g/mol. The van der Waals surface area contributed by atoms with Gasteiger partial charge in [-0.25, -0.2) is 16.8 Å². The molecule has 86 valence electrons. The van der Waals surface area contributed by atoms with E-state index in [2.05, 4.69) is 0 Å². The molecule has 14 heavy (non-hydrogen) atoms. The predicted octanol–water partition coefficient (Wildman–Crippen LogP) is 0.593. The van der Waals surface area contributed by atoms with Gasteiger partial charge in [0.15, 0.2) is 0 Å². The van der Waals surface area contributed by atoms with Crippen molar-refractivity contribution >= 4 is 20.5 Å². The zero-order chi connectivity index (χ0) is 11.0. The van der Waals surface area contributed by atoms with E-state index in [0.29, 0.717) is 17.3 Å². The maximum absolute atomic E-state index is 10.4. The van der Waals surface area contributed by atoms with Gasteiger partial charge in [-0.3, -0.25) is 0 Å². The van der Waals surface area contributed by atoms with Gasteiger partial charge in [0, 0.05) is 5.75 Å². The summed E-state index contributed by atoms with van der Waals surface area (Å²) in [5, 5.41) is 0. The van der Waals surface area contributed by atoms with E-state index in [0.717, 1.165) is 25.7 Å². The summed E-state index contributed by atoms with van der Waals surface area (Å²) in [5.41, 5.74) is 0. The highest BCUT2D eigenvalue weighted by atomic mass is 32.2. The van der Waals surface area contributed by atoms with Crippen LogP contribution in [0.25, 0.3) is 0 Å². The van der Waals surface area contributed by atoms with Crippen LogP contribution in [0.2, 0.25) is 0 Å². The van der Waals surface area contributed by atoms with Crippen molar-refractivity contribution in [3.63, 3.8) is 0 Å². The third kappa shape index (κ3) is 8.50. The zero-order valence-electron chi connectivity index (χ0n) is 8.44. The van der Waals surface area contributed by atoms with Crippen LogP contribution >= 0.6 is 0 Å². The van der Waals surface area contributed by atoms with Crippen molar-refractivity contribution in [2.24, 2.45) is 0 Å². The average molecular weight is 242 g/mol. The second kappa shape index (κ2) is 7.23. The van der Waals surface area contributed by atoms with Crippen molar-refractivity contribution in [3.05, 3.63) is 0 Å². The summed E-state index contributed by atoms with van der Waals surface area (Å²) >= 11 is 0. The summed E-state index contributed by atoms with van der Waals surface area (Å²) in [6.45, 7) is 1.97. The fourth-order valence-corrected chi connectivity index (χ4v) is 3.10. The quantitative estimate of drug-likeness (QED) is 0.736. The summed E-state index contributed by atoms with van der Waals surface area (Å²) in [6.07, 6.45) is 3.52. The van der Waals surface area contributed by atoms with Crippen LogP contribution in [0.4, 0.5) is 0 Å². The van der Waals surface area contributed by atoms with E-state index in [1.165, 1.54) is 0 Å². The molecule has 0 spiro atoms. The lowest BCUT2D eigenvalue weighted by atomic mass is 10.4. The minimum atomic E-state index is -2.55. The molecule has 0 aromatic rings. The summed E-state index contributed by atoms with van der Waals surface area (Å²) in [7, 11) is -4.65. The molecule has 0 unspecified atom stereocenters. The molecule has 0 amide bonds. The Balaban J connectivity index is 0.000000241. The highest BCUT2D eigenvalue weighted by Gasteiger charge is 2.16. The Morgan fingerprint density at radius 2 is 1.64 bits per heavy atom. The van der Waals surface area contributed by atoms with Gasteiger partial charge in [0.1, 0.15) is 20.5 Å². The highest BCUT2D eigenvalue weighted by molar-refractivity contribution is 7.91. The number of hydrogen-bond acceptors (Lipinski definition) is 4. The Kier molecular flexibility index (Phi) is 7.17. The highest BCUT2D eigenvalue weighted by Crippen LogP contribution is 2.08. The van der Waals surface area contributed by atoms with Gasteiger partial charge >= 0.3 is 0 Å². The molecule has 0 aromatic heterocycles. The molecule has 6 heteroatoms. The number of unbranched alkanes of at least 4 members (excludes halogenated alkanes) is 1. The van der Waals surface area contributed by atoms with Crippen molar-refractivity contribution < 1.29 is 16.8 Å². The molecule has 1 saturated heterocycles. The first kappa shape index (κ1) is 13.9. The average Bonchev–Trinajstić information content (AvgIpc) is 2.47. The lowest BCUT2D eigenvalue weighted by molar-refractivity contribution is 0.602. The Morgan fingerprint density at radius 1 is 1.14 bits per heavy atom. The van der Waals surface area contributed by atoms with E-state index in [-0.39, 0.29) is 0 Å². The molecular formula is C8H18O4S2. The lowest BCUT2D eigenvalue weighted by Gasteiger charge is -1.81. The monoisotopic (exact) mass is 242 g/mol. The van der Waals surface area contributed by atoms with Crippen molar-refractivity contribution in [2.45, 2.75) is 32.6 Å². The maximum atomic E-state index is 10.4. The Morgan fingerprint density at radius 3 is 1.79 bits per heavy atom. The zero-order valence-corrected chi connectivity index (χ0v) is 10.1. The van der Waals surface area contributed by atoms with Crippen LogP contribution in [0.15, 0.2) is 0 Å². The minimum Gasteiger partial charge on any atom is -0.232 e. The normalized spacial score (nSPS) is 19.0. The van der Waals surface area contributed by atoms with Crippen molar-refractivity contribution in [3.8, 4) is 0 Å². The lowest BCUT2D eigenvalue weighted by Crippen LogP contribution is -1.98. The van der Waals surface area contributed by atoms with E-state index < -0.39 is 20.5 Å². The molecule has 0 bridgehead atoms. The van der Waals surface area contributed by atoms with Crippen LogP contribution in [0.1, 0.15) is 32.6 Å².